The Hall–Kier alpha value is -1.79. The molecule has 20 heavy (non-hydrogen) atoms. The van der Waals surface area contributed by atoms with E-state index in [1.807, 2.05) is 25.1 Å². The predicted octanol–water partition coefficient (Wildman–Crippen LogP) is 1.61. The molecule has 0 aliphatic heterocycles. The molecule has 0 saturated heterocycles. The van der Waals surface area contributed by atoms with Crippen LogP contribution in [-0.2, 0) is 11.2 Å². The molecular formula is C14H20N4O2. The van der Waals surface area contributed by atoms with E-state index >= 15 is 0 Å². The van der Waals surface area contributed by atoms with Crippen LogP contribution in [0.2, 0.25) is 0 Å². The first-order valence-corrected chi connectivity index (χ1v) is 6.72. The van der Waals surface area contributed by atoms with E-state index in [4.69, 9.17) is 9.26 Å². The van der Waals surface area contributed by atoms with Crippen molar-refractivity contribution in [1.29, 1.82) is 0 Å². The Morgan fingerprint density at radius 1 is 1.35 bits per heavy atom. The zero-order chi connectivity index (χ0) is 14.4. The molecule has 6 nitrogen and oxygen atoms in total. The highest BCUT2D eigenvalue weighted by Gasteiger charge is 2.15. The molecule has 2 rings (SSSR count). The van der Waals surface area contributed by atoms with Gasteiger partial charge in [-0.05, 0) is 25.6 Å². The fourth-order valence-electron chi connectivity index (χ4n) is 2.00. The van der Waals surface area contributed by atoms with Crippen LogP contribution in [0.3, 0.4) is 0 Å². The van der Waals surface area contributed by atoms with Gasteiger partial charge >= 0.3 is 0 Å². The van der Waals surface area contributed by atoms with Crippen molar-refractivity contribution in [3.63, 3.8) is 0 Å². The van der Waals surface area contributed by atoms with Crippen LogP contribution in [0, 0.1) is 6.92 Å². The normalized spacial score (nSPS) is 12.6. The molecule has 0 fully saturated rings. The molecule has 1 unspecified atom stereocenters. The standard InChI is InChI=1S/C14H20N4O2/c1-4-15-11(9-19-3)8-13-17-14(18-20-13)12-7-5-6-10(2)16-12/h5-7,11,15H,4,8-9H2,1-3H3. The summed E-state index contributed by atoms with van der Waals surface area (Å²) in [6.45, 7) is 5.46. The minimum Gasteiger partial charge on any atom is -0.383 e. The van der Waals surface area contributed by atoms with E-state index in [1.165, 1.54) is 0 Å². The molecule has 1 N–H and O–H groups in total. The quantitative estimate of drug-likeness (QED) is 0.828. The molecule has 0 spiro atoms. The number of ether oxygens (including phenoxy) is 1. The maximum absolute atomic E-state index is 5.29. The summed E-state index contributed by atoms with van der Waals surface area (Å²) in [5.74, 6) is 1.11. The fourth-order valence-corrected chi connectivity index (χ4v) is 2.00. The largest absolute Gasteiger partial charge is 0.383 e. The Morgan fingerprint density at radius 2 is 2.20 bits per heavy atom. The van der Waals surface area contributed by atoms with E-state index in [0.29, 0.717) is 24.7 Å². The summed E-state index contributed by atoms with van der Waals surface area (Å²) in [4.78, 5) is 8.77. The van der Waals surface area contributed by atoms with Crippen molar-refractivity contribution in [1.82, 2.24) is 20.4 Å². The summed E-state index contributed by atoms with van der Waals surface area (Å²) in [6, 6.07) is 5.91. The lowest BCUT2D eigenvalue weighted by molar-refractivity contribution is 0.162. The molecule has 0 bridgehead atoms. The van der Waals surface area contributed by atoms with E-state index in [0.717, 1.165) is 17.9 Å². The van der Waals surface area contributed by atoms with Gasteiger partial charge in [0.15, 0.2) is 0 Å². The number of methoxy groups -OCH3 is 1. The third-order valence-corrected chi connectivity index (χ3v) is 2.87. The Kier molecular flexibility index (Phi) is 5.20. The number of rotatable bonds is 7. The van der Waals surface area contributed by atoms with Crippen LogP contribution in [0.1, 0.15) is 18.5 Å². The van der Waals surface area contributed by atoms with E-state index < -0.39 is 0 Å². The Labute approximate surface area is 118 Å². The van der Waals surface area contributed by atoms with Crippen molar-refractivity contribution in [3.05, 3.63) is 29.8 Å². The first-order valence-electron chi connectivity index (χ1n) is 6.72. The Bertz CT molecular complexity index is 535. The summed E-state index contributed by atoms with van der Waals surface area (Å²) >= 11 is 0. The zero-order valence-electron chi connectivity index (χ0n) is 12.1. The number of pyridine rings is 1. The minimum atomic E-state index is 0.170. The topological polar surface area (TPSA) is 73.1 Å². The molecule has 1 atom stereocenters. The van der Waals surface area contributed by atoms with Gasteiger partial charge in [-0.3, -0.25) is 0 Å². The fraction of sp³-hybridized carbons (Fsp3) is 0.500. The van der Waals surface area contributed by atoms with Gasteiger partial charge in [0.2, 0.25) is 11.7 Å². The lowest BCUT2D eigenvalue weighted by Gasteiger charge is -2.14. The average molecular weight is 276 g/mol. The molecule has 2 heterocycles. The van der Waals surface area contributed by atoms with Crippen LogP contribution in [0.25, 0.3) is 11.5 Å². The summed E-state index contributed by atoms with van der Waals surface area (Å²) in [6.07, 6.45) is 0.639. The second-order valence-electron chi connectivity index (χ2n) is 4.59. The average Bonchev–Trinajstić information content (AvgIpc) is 2.88. The number of aromatic nitrogens is 3. The molecule has 0 aromatic carbocycles. The maximum Gasteiger partial charge on any atom is 0.228 e. The SMILES string of the molecule is CCNC(COC)Cc1nc(-c2cccc(C)n2)no1. The second kappa shape index (κ2) is 7.12. The van der Waals surface area contributed by atoms with Crippen LogP contribution in [0.4, 0.5) is 0 Å². The van der Waals surface area contributed by atoms with Crippen molar-refractivity contribution >= 4 is 0 Å². The van der Waals surface area contributed by atoms with Crippen molar-refractivity contribution in [2.75, 3.05) is 20.3 Å². The highest BCUT2D eigenvalue weighted by atomic mass is 16.5. The maximum atomic E-state index is 5.29. The molecule has 6 heteroatoms. The predicted molar refractivity (Wildman–Crippen MR) is 75.3 cm³/mol. The minimum absolute atomic E-state index is 0.170. The number of hydrogen-bond acceptors (Lipinski definition) is 6. The van der Waals surface area contributed by atoms with Gasteiger partial charge in [0.1, 0.15) is 5.69 Å². The lowest BCUT2D eigenvalue weighted by Crippen LogP contribution is -2.35. The molecule has 2 aromatic rings. The molecule has 0 amide bonds. The Balaban J connectivity index is 2.08. The van der Waals surface area contributed by atoms with E-state index in [1.54, 1.807) is 7.11 Å². The summed E-state index contributed by atoms with van der Waals surface area (Å²) in [5.41, 5.74) is 1.66. The first kappa shape index (κ1) is 14.6. The summed E-state index contributed by atoms with van der Waals surface area (Å²) in [7, 11) is 1.68. The van der Waals surface area contributed by atoms with E-state index in [-0.39, 0.29) is 6.04 Å². The third kappa shape index (κ3) is 3.85. The van der Waals surface area contributed by atoms with Gasteiger partial charge in [-0.25, -0.2) is 4.98 Å². The highest BCUT2D eigenvalue weighted by Crippen LogP contribution is 2.14. The second-order valence-corrected chi connectivity index (χ2v) is 4.59. The van der Waals surface area contributed by atoms with Gasteiger partial charge in [0.05, 0.1) is 6.61 Å². The molecule has 0 aliphatic rings. The van der Waals surface area contributed by atoms with Crippen LogP contribution in [-0.4, -0.2) is 41.4 Å². The number of nitrogens with one attached hydrogen (secondary N) is 1. The van der Waals surface area contributed by atoms with Crippen LogP contribution in [0.15, 0.2) is 22.7 Å². The van der Waals surface area contributed by atoms with Gasteiger partial charge in [-0.1, -0.05) is 18.1 Å². The lowest BCUT2D eigenvalue weighted by atomic mass is 10.2. The van der Waals surface area contributed by atoms with Crippen LogP contribution >= 0.6 is 0 Å². The molecule has 0 aliphatic carbocycles. The van der Waals surface area contributed by atoms with Crippen molar-refractivity contribution in [2.45, 2.75) is 26.3 Å². The Morgan fingerprint density at radius 3 is 2.90 bits per heavy atom. The van der Waals surface area contributed by atoms with Gasteiger partial charge in [-0.2, -0.15) is 4.98 Å². The molecule has 0 saturated carbocycles. The van der Waals surface area contributed by atoms with Gasteiger partial charge in [-0.15, -0.1) is 0 Å². The number of hydrogen-bond donors (Lipinski definition) is 1. The number of likely N-dealkylation sites (N-methyl/N-ethyl adjacent to an activating group) is 1. The van der Waals surface area contributed by atoms with Crippen molar-refractivity contribution < 1.29 is 9.26 Å². The molecule has 108 valence electrons. The van der Waals surface area contributed by atoms with Crippen LogP contribution in [0.5, 0.6) is 0 Å². The molecular weight excluding hydrogens is 256 g/mol. The van der Waals surface area contributed by atoms with Crippen molar-refractivity contribution in [2.24, 2.45) is 0 Å². The monoisotopic (exact) mass is 276 g/mol. The first-order chi connectivity index (χ1) is 9.72. The van der Waals surface area contributed by atoms with Crippen LogP contribution < -0.4 is 5.32 Å². The molecule has 0 radical (unpaired) electrons. The third-order valence-electron chi connectivity index (χ3n) is 2.87. The van der Waals surface area contributed by atoms with E-state index in [2.05, 4.69) is 27.4 Å². The molecule has 2 aromatic heterocycles. The van der Waals surface area contributed by atoms with Gasteiger partial charge in [0, 0.05) is 25.3 Å². The zero-order valence-corrected chi connectivity index (χ0v) is 12.1. The summed E-state index contributed by atoms with van der Waals surface area (Å²) in [5, 5.41) is 7.31. The number of aryl methyl sites for hydroxylation is 1. The van der Waals surface area contributed by atoms with E-state index in [9.17, 15) is 0 Å². The highest BCUT2D eigenvalue weighted by molar-refractivity contribution is 5.47. The van der Waals surface area contributed by atoms with Gasteiger partial charge < -0.3 is 14.6 Å². The van der Waals surface area contributed by atoms with Gasteiger partial charge in [0.25, 0.3) is 0 Å². The van der Waals surface area contributed by atoms with Crippen molar-refractivity contribution in [3.8, 4) is 11.5 Å². The summed E-state index contributed by atoms with van der Waals surface area (Å²) < 4.78 is 10.5. The smallest absolute Gasteiger partial charge is 0.228 e. The number of nitrogens with zero attached hydrogens (tertiary/aromatic N) is 3.